The third-order valence-corrected chi connectivity index (χ3v) is 4.83. The lowest BCUT2D eigenvalue weighted by Crippen LogP contribution is -2.31. The Morgan fingerprint density at radius 1 is 0.964 bits per heavy atom. The Hall–Kier alpha value is -3.02. The van der Waals surface area contributed by atoms with Crippen molar-refractivity contribution in [3.8, 4) is 5.75 Å². The van der Waals surface area contributed by atoms with Gasteiger partial charge >= 0.3 is 0 Å². The maximum absolute atomic E-state index is 12.7. The van der Waals surface area contributed by atoms with E-state index in [2.05, 4.69) is 10.6 Å². The summed E-state index contributed by atoms with van der Waals surface area (Å²) in [7, 11) is 1.61. The van der Waals surface area contributed by atoms with Crippen molar-refractivity contribution in [3.63, 3.8) is 0 Å². The highest BCUT2D eigenvalue weighted by Gasteiger charge is 2.17. The molecule has 3 rings (SSSR count). The first-order valence-corrected chi connectivity index (χ1v) is 9.73. The fraction of sp³-hybridized carbons (Fsp3) is 0.364. The molecule has 1 aliphatic heterocycles. The van der Waals surface area contributed by atoms with Gasteiger partial charge in [0.25, 0.3) is 5.91 Å². The highest BCUT2D eigenvalue weighted by Crippen LogP contribution is 2.17. The predicted octanol–water partition coefficient (Wildman–Crippen LogP) is 3.76. The Bertz CT molecular complexity index is 797. The average Bonchev–Trinajstić information content (AvgIpc) is 3.02. The molecule has 1 heterocycles. The SMILES string of the molecule is COc1ccc(NCC(=O)Nc2cccc(C(=O)N3CCCCCC3)c2)cc1. The van der Waals surface area contributed by atoms with E-state index in [1.165, 1.54) is 12.8 Å². The van der Waals surface area contributed by atoms with Crippen LogP contribution in [0.2, 0.25) is 0 Å². The second-order valence-corrected chi connectivity index (χ2v) is 6.92. The summed E-state index contributed by atoms with van der Waals surface area (Å²) in [6.45, 7) is 1.75. The van der Waals surface area contributed by atoms with Crippen molar-refractivity contribution in [2.24, 2.45) is 0 Å². The zero-order valence-electron chi connectivity index (χ0n) is 16.2. The first kappa shape index (κ1) is 19.7. The number of nitrogens with one attached hydrogen (secondary N) is 2. The molecule has 0 aliphatic carbocycles. The van der Waals surface area contributed by atoms with Gasteiger partial charge in [-0.2, -0.15) is 0 Å². The summed E-state index contributed by atoms with van der Waals surface area (Å²) in [5, 5.41) is 5.92. The van der Waals surface area contributed by atoms with Crippen molar-refractivity contribution < 1.29 is 14.3 Å². The number of carbonyl (C=O) groups excluding carboxylic acids is 2. The number of nitrogens with zero attached hydrogens (tertiary/aromatic N) is 1. The summed E-state index contributed by atoms with van der Waals surface area (Å²) in [6.07, 6.45) is 4.47. The number of benzene rings is 2. The molecule has 6 heteroatoms. The highest BCUT2D eigenvalue weighted by molar-refractivity contribution is 5.98. The van der Waals surface area contributed by atoms with Crippen LogP contribution in [0.25, 0.3) is 0 Å². The fourth-order valence-corrected chi connectivity index (χ4v) is 3.28. The van der Waals surface area contributed by atoms with E-state index < -0.39 is 0 Å². The van der Waals surface area contributed by atoms with Crippen LogP contribution < -0.4 is 15.4 Å². The zero-order valence-corrected chi connectivity index (χ0v) is 16.2. The highest BCUT2D eigenvalue weighted by atomic mass is 16.5. The molecule has 0 saturated carbocycles. The molecule has 0 spiro atoms. The predicted molar refractivity (Wildman–Crippen MR) is 111 cm³/mol. The Morgan fingerprint density at radius 2 is 1.68 bits per heavy atom. The second kappa shape index (κ2) is 9.78. The zero-order chi connectivity index (χ0) is 19.8. The number of amides is 2. The molecule has 0 unspecified atom stereocenters. The summed E-state index contributed by atoms with van der Waals surface area (Å²) in [4.78, 5) is 26.9. The largest absolute Gasteiger partial charge is 0.497 e. The maximum Gasteiger partial charge on any atom is 0.253 e. The van der Waals surface area contributed by atoms with E-state index in [0.717, 1.165) is 37.4 Å². The van der Waals surface area contributed by atoms with Gasteiger partial charge in [0.15, 0.2) is 0 Å². The van der Waals surface area contributed by atoms with Crippen LogP contribution in [-0.2, 0) is 4.79 Å². The summed E-state index contributed by atoms with van der Waals surface area (Å²) < 4.78 is 5.12. The van der Waals surface area contributed by atoms with Crippen LogP contribution in [0.5, 0.6) is 5.75 Å². The van der Waals surface area contributed by atoms with Gasteiger partial charge in [-0.1, -0.05) is 18.9 Å². The summed E-state index contributed by atoms with van der Waals surface area (Å²) in [5.41, 5.74) is 2.08. The van der Waals surface area contributed by atoms with Gasteiger partial charge in [0, 0.05) is 30.0 Å². The molecule has 0 radical (unpaired) electrons. The molecule has 2 aromatic carbocycles. The minimum absolute atomic E-state index is 0.0364. The van der Waals surface area contributed by atoms with Crippen molar-refractivity contribution in [1.29, 1.82) is 0 Å². The molecule has 1 saturated heterocycles. The number of rotatable bonds is 6. The van der Waals surface area contributed by atoms with Crippen LogP contribution in [0.1, 0.15) is 36.0 Å². The quantitative estimate of drug-likeness (QED) is 0.799. The van der Waals surface area contributed by atoms with Crippen LogP contribution in [0.15, 0.2) is 48.5 Å². The molecule has 1 fully saturated rings. The molecule has 148 valence electrons. The molecule has 2 amide bonds. The Labute approximate surface area is 165 Å². The molecule has 2 aromatic rings. The first-order chi connectivity index (χ1) is 13.7. The molecule has 0 aromatic heterocycles. The summed E-state index contributed by atoms with van der Waals surface area (Å²) in [5.74, 6) is 0.630. The molecule has 2 N–H and O–H groups in total. The van der Waals surface area contributed by atoms with Crippen molar-refractivity contribution in [3.05, 3.63) is 54.1 Å². The number of hydrogen-bond donors (Lipinski definition) is 2. The number of anilines is 2. The number of hydrogen-bond acceptors (Lipinski definition) is 4. The molecular weight excluding hydrogens is 354 g/mol. The van der Waals surface area contributed by atoms with E-state index in [-0.39, 0.29) is 18.4 Å². The minimum Gasteiger partial charge on any atom is -0.497 e. The second-order valence-electron chi connectivity index (χ2n) is 6.92. The van der Waals surface area contributed by atoms with Gasteiger partial charge in [-0.3, -0.25) is 9.59 Å². The van der Waals surface area contributed by atoms with Crippen molar-refractivity contribution in [1.82, 2.24) is 4.90 Å². The van der Waals surface area contributed by atoms with Crippen LogP contribution >= 0.6 is 0 Å². The van der Waals surface area contributed by atoms with E-state index in [1.807, 2.05) is 29.2 Å². The lowest BCUT2D eigenvalue weighted by atomic mass is 10.1. The monoisotopic (exact) mass is 381 g/mol. The van der Waals surface area contributed by atoms with Gasteiger partial charge in [-0.05, 0) is 55.3 Å². The van der Waals surface area contributed by atoms with Gasteiger partial charge in [0.2, 0.25) is 5.91 Å². The van der Waals surface area contributed by atoms with E-state index in [1.54, 1.807) is 31.4 Å². The number of likely N-dealkylation sites (tertiary alicyclic amines) is 1. The third-order valence-electron chi connectivity index (χ3n) is 4.83. The van der Waals surface area contributed by atoms with Crippen molar-refractivity contribution in [2.75, 3.05) is 37.4 Å². The summed E-state index contributed by atoms with van der Waals surface area (Å²) in [6, 6.07) is 14.5. The van der Waals surface area contributed by atoms with Gasteiger partial charge in [0.05, 0.1) is 13.7 Å². The standard InChI is InChI=1S/C22H27N3O3/c1-28-20-11-9-18(10-12-20)23-16-21(26)24-19-8-6-7-17(15-19)22(27)25-13-4-2-3-5-14-25/h6-12,15,23H,2-5,13-14,16H2,1H3,(H,24,26). The maximum atomic E-state index is 12.7. The van der Waals surface area contributed by atoms with Gasteiger partial charge in [-0.25, -0.2) is 0 Å². The molecule has 1 aliphatic rings. The Morgan fingerprint density at radius 3 is 2.36 bits per heavy atom. The van der Waals surface area contributed by atoms with Crippen LogP contribution in [0.3, 0.4) is 0 Å². The van der Waals surface area contributed by atoms with Crippen molar-refractivity contribution >= 4 is 23.2 Å². The average molecular weight is 381 g/mol. The topological polar surface area (TPSA) is 70.7 Å². The minimum atomic E-state index is -0.171. The lowest BCUT2D eigenvalue weighted by molar-refractivity contribution is -0.114. The lowest BCUT2D eigenvalue weighted by Gasteiger charge is -2.20. The number of ether oxygens (including phenoxy) is 1. The summed E-state index contributed by atoms with van der Waals surface area (Å²) >= 11 is 0. The van der Waals surface area contributed by atoms with E-state index in [4.69, 9.17) is 4.74 Å². The van der Waals surface area contributed by atoms with Crippen LogP contribution in [-0.4, -0.2) is 43.5 Å². The number of carbonyl (C=O) groups is 2. The molecule has 6 nitrogen and oxygen atoms in total. The van der Waals surface area contributed by atoms with Gasteiger partial charge < -0.3 is 20.3 Å². The Kier molecular flexibility index (Phi) is 6.89. The van der Waals surface area contributed by atoms with Gasteiger partial charge in [-0.15, -0.1) is 0 Å². The van der Waals surface area contributed by atoms with E-state index in [0.29, 0.717) is 11.3 Å². The molecular formula is C22H27N3O3. The molecule has 28 heavy (non-hydrogen) atoms. The van der Waals surface area contributed by atoms with Crippen LogP contribution in [0, 0.1) is 0 Å². The normalized spacial score (nSPS) is 14.1. The molecule has 0 atom stereocenters. The fourth-order valence-electron chi connectivity index (χ4n) is 3.28. The third kappa shape index (κ3) is 5.49. The van der Waals surface area contributed by atoms with E-state index in [9.17, 15) is 9.59 Å². The Balaban J connectivity index is 1.55. The number of methoxy groups -OCH3 is 1. The van der Waals surface area contributed by atoms with Crippen LogP contribution in [0.4, 0.5) is 11.4 Å². The van der Waals surface area contributed by atoms with Crippen molar-refractivity contribution in [2.45, 2.75) is 25.7 Å². The van der Waals surface area contributed by atoms with Gasteiger partial charge in [0.1, 0.15) is 5.75 Å². The first-order valence-electron chi connectivity index (χ1n) is 9.73. The van der Waals surface area contributed by atoms with E-state index >= 15 is 0 Å². The molecule has 0 bridgehead atoms. The smallest absolute Gasteiger partial charge is 0.253 e.